The van der Waals surface area contributed by atoms with Crippen LogP contribution in [0.5, 0.6) is 0 Å². The molecule has 0 aliphatic carbocycles. The molecule has 3 aliphatic heterocycles. The van der Waals surface area contributed by atoms with Crippen LogP contribution in [-0.2, 0) is 11.3 Å². The molecule has 0 bridgehead atoms. The van der Waals surface area contributed by atoms with Crippen molar-refractivity contribution in [2.75, 3.05) is 43.4 Å². The molecule has 4 heterocycles. The second kappa shape index (κ2) is 10.5. The molecule has 3 aliphatic rings. The van der Waals surface area contributed by atoms with Gasteiger partial charge in [0.05, 0.1) is 12.1 Å². The first-order valence-electron chi connectivity index (χ1n) is 11.5. The Bertz CT molecular complexity index is 753. The van der Waals surface area contributed by atoms with Gasteiger partial charge in [0.25, 0.3) is 0 Å². The van der Waals surface area contributed by atoms with E-state index in [-0.39, 0.29) is 24.0 Å². The Balaban J connectivity index is 1.11. The number of carbonyl (C=O) groups is 2. The minimum absolute atomic E-state index is 0.0405. The number of hydrogen-bond donors (Lipinski definition) is 3. The summed E-state index contributed by atoms with van der Waals surface area (Å²) < 4.78 is 0. The van der Waals surface area contributed by atoms with Gasteiger partial charge in [-0.25, -0.2) is 9.78 Å². The molecule has 3 atom stereocenters. The number of likely N-dealkylation sites (N-methyl/N-ethyl adjacent to an activating group) is 1. The van der Waals surface area contributed by atoms with Crippen LogP contribution in [0.3, 0.4) is 0 Å². The zero-order valence-corrected chi connectivity index (χ0v) is 19.1. The first kappa shape index (κ1) is 22.2. The van der Waals surface area contributed by atoms with E-state index in [0.717, 1.165) is 69.1 Å². The maximum Gasteiger partial charge on any atom is 0.315 e. The molecule has 0 radical (unpaired) electrons. The summed E-state index contributed by atoms with van der Waals surface area (Å²) in [6, 6.07) is 4.60. The Kier molecular flexibility index (Phi) is 7.55. The molecule has 1 aromatic rings. The smallest absolute Gasteiger partial charge is 0.315 e. The maximum atomic E-state index is 12.2. The normalized spacial score (nSPS) is 25.8. The third kappa shape index (κ3) is 5.83. The molecule has 170 valence electrons. The summed E-state index contributed by atoms with van der Waals surface area (Å²) in [4.78, 5) is 33.0. The Morgan fingerprint density at radius 1 is 1.23 bits per heavy atom. The van der Waals surface area contributed by atoms with E-state index in [1.807, 2.05) is 18.0 Å². The fourth-order valence-corrected chi connectivity index (χ4v) is 6.11. The molecule has 4 rings (SSSR count). The number of unbranched alkanes of at least 4 members (excludes halogenated alkanes) is 1. The number of urea groups is 1. The second-order valence-corrected chi connectivity index (χ2v) is 9.86. The van der Waals surface area contributed by atoms with E-state index in [2.05, 4.69) is 49.8 Å². The van der Waals surface area contributed by atoms with Gasteiger partial charge >= 0.3 is 6.03 Å². The second-order valence-electron chi connectivity index (χ2n) is 8.59. The van der Waals surface area contributed by atoms with Crippen molar-refractivity contribution in [2.45, 2.75) is 56.5 Å². The summed E-state index contributed by atoms with van der Waals surface area (Å²) in [5.41, 5.74) is 1.03. The number of pyridine rings is 1. The van der Waals surface area contributed by atoms with Crippen molar-refractivity contribution in [1.29, 1.82) is 0 Å². The van der Waals surface area contributed by atoms with Gasteiger partial charge in [0.2, 0.25) is 5.91 Å². The number of piperazine rings is 1. The van der Waals surface area contributed by atoms with E-state index >= 15 is 0 Å². The summed E-state index contributed by atoms with van der Waals surface area (Å²) in [5.74, 6) is 2.09. The average molecular weight is 447 g/mol. The molecule has 1 aromatic heterocycles. The number of fused-ring (bicyclic) bond motifs is 1. The molecule has 9 heteroatoms. The minimum atomic E-state index is -0.0405. The van der Waals surface area contributed by atoms with E-state index in [4.69, 9.17) is 0 Å². The number of nitrogens with zero attached hydrogens (tertiary/aromatic N) is 3. The van der Waals surface area contributed by atoms with E-state index in [1.54, 1.807) is 0 Å². The van der Waals surface area contributed by atoms with Crippen molar-refractivity contribution >= 4 is 29.5 Å². The molecule has 3 fully saturated rings. The number of amides is 3. The third-order valence-corrected chi connectivity index (χ3v) is 8.03. The Hall–Kier alpha value is -2.00. The monoisotopic (exact) mass is 446 g/mol. The van der Waals surface area contributed by atoms with Crippen molar-refractivity contribution in [1.82, 2.24) is 25.8 Å². The van der Waals surface area contributed by atoms with Gasteiger partial charge in [-0.3, -0.25) is 4.79 Å². The predicted molar refractivity (Wildman–Crippen MR) is 124 cm³/mol. The molecule has 0 spiro atoms. The summed E-state index contributed by atoms with van der Waals surface area (Å²) in [6.45, 7) is 8.03. The van der Waals surface area contributed by atoms with Crippen LogP contribution in [0.15, 0.2) is 18.3 Å². The number of anilines is 1. The van der Waals surface area contributed by atoms with Crippen LogP contribution in [0.25, 0.3) is 0 Å². The Morgan fingerprint density at radius 3 is 2.81 bits per heavy atom. The lowest BCUT2D eigenvalue weighted by Crippen LogP contribution is -2.46. The lowest BCUT2D eigenvalue weighted by Gasteiger charge is -2.34. The summed E-state index contributed by atoms with van der Waals surface area (Å²) in [5, 5.41) is 9.46. The molecular formula is C22H34N6O2S. The molecular weight excluding hydrogens is 412 g/mol. The Labute approximate surface area is 188 Å². The van der Waals surface area contributed by atoms with E-state index in [0.29, 0.717) is 18.2 Å². The highest BCUT2D eigenvalue weighted by atomic mass is 32.2. The summed E-state index contributed by atoms with van der Waals surface area (Å²) in [6.07, 6.45) is 5.34. The van der Waals surface area contributed by atoms with Crippen molar-refractivity contribution in [2.24, 2.45) is 0 Å². The molecule has 0 saturated carbocycles. The highest BCUT2D eigenvalue weighted by Crippen LogP contribution is 2.33. The largest absolute Gasteiger partial charge is 0.354 e. The van der Waals surface area contributed by atoms with E-state index < -0.39 is 0 Å². The molecule has 0 aromatic carbocycles. The van der Waals surface area contributed by atoms with Gasteiger partial charge in [0.1, 0.15) is 5.82 Å². The molecule has 31 heavy (non-hydrogen) atoms. The minimum Gasteiger partial charge on any atom is -0.354 e. The molecule has 3 amide bonds. The first-order valence-corrected chi connectivity index (χ1v) is 12.5. The zero-order chi connectivity index (χ0) is 21.6. The average Bonchev–Trinajstić information content (AvgIpc) is 3.35. The fraction of sp³-hybridized carbons (Fsp3) is 0.682. The topological polar surface area (TPSA) is 89.6 Å². The molecule has 3 N–H and O–H groups in total. The van der Waals surface area contributed by atoms with Crippen LogP contribution in [0, 0.1) is 0 Å². The number of hydrogen-bond acceptors (Lipinski definition) is 6. The molecule has 0 unspecified atom stereocenters. The fourth-order valence-electron chi connectivity index (χ4n) is 4.56. The van der Waals surface area contributed by atoms with Crippen LogP contribution in [0.2, 0.25) is 0 Å². The van der Waals surface area contributed by atoms with Crippen molar-refractivity contribution in [3.8, 4) is 0 Å². The number of aromatic nitrogens is 1. The highest BCUT2D eigenvalue weighted by Gasteiger charge is 2.42. The molecule has 8 nitrogen and oxygen atoms in total. The van der Waals surface area contributed by atoms with Gasteiger partial charge in [-0.15, -0.1) is 0 Å². The van der Waals surface area contributed by atoms with Gasteiger partial charge in [0.15, 0.2) is 0 Å². The van der Waals surface area contributed by atoms with Gasteiger partial charge < -0.3 is 25.8 Å². The zero-order valence-electron chi connectivity index (χ0n) is 18.3. The standard InChI is InChI=1S/C22H34N6O2S/c1-2-27-9-11-28(12-10-27)19-8-7-16(13-23-19)14-24-20(29)6-4-3-5-18-21-17(15-31-18)25-22(30)26-21/h7-8,13,17-18,21H,2-6,9-12,14-15H2,1H3,(H,24,29)(H2,25,26,30)/t17-,18-,21-/m0/s1. The SMILES string of the molecule is CCN1CCN(c2ccc(CNC(=O)CCCC[C@@H]3SC[C@@H]4NC(=O)N[C@@H]43)cn2)CC1. The Morgan fingerprint density at radius 2 is 2.06 bits per heavy atom. The predicted octanol–water partition coefficient (Wildman–Crippen LogP) is 1.57. The third-order valence-electron chi connectivity index (χ3n) is 6.52. The van der Waals surface area contributed by atoms with Crippen LogP contribution < -0.4 is 20.9 Å². The van der Waals surface area contributed by atoms with Gasteiger partial charge in [-0.1, -0.05) is 19.4 Å². The van der Waals surface area contributed by atoms with Crippen LogP contribution >= 0.6 is 11.8 Å². The van der Waals surface area contributed by atoms with Crippen LogP contribution in [0.1, 0.15) is 38.2 Å². The van der Waals surface area contributed by atoms with Crippen molar-refractivity contribution in [3.63, 3.8) is 0 Å². The summed E-state index contributed by atoms with van der Waals surface area (Å²) >= 11 is 1.92. The lowest BCUT2D eigenvalue weighted by molar-refractivity contribution is -0.121. The lowest BCUT2D eigenvalue weighted by atomic mass is 10.0. The molecule has 3 saturated heterocycles. The van der Waals surface area contributed by atoms with Gasteiger partial charge in [-0.2, -0.15) is 11.8 Å². The van der Waals surface area contributed by atoms with Crippen LogP contribution in [-0.4, -0.2) is 77.6 Å². The number of rotatable bonds is 9. The van der Waals surface area contributed by atoms with E-state index in [1.165, 1.54) is 0 Å². The number of nitrogens with one attached hydrogen (secondary N) is 3. The van der Waals surface area contributed by atoms with Crippen LogP contribution in [0.4, 0.5) is 10.6 Å². The number of carbonyl (C=O) groups excluding carboxylic acids is 2. The first-order chi connectivity index (χ1) is 15.1. The quantitative estimate of drug-likeness (QED) is 0.394. The number of thioether (sulfide) groups is 1. The maximum absolute atomic E-state index is 12.2. The van der Waals surface area contributed by atoms with Crippen molar-refractivity contribution < 1.29 is 9.59 Å². The van der Waals surface area contributed by atoms with Crippen molar-refractivity contribution in [3.05, 3.63) is 23.9 Å². The summed E-state index contributed by atoms with van der Waals surface area (Å²) in [7, 11) is 0. The van der Waals surface area contributed by atoms with E-state index in [9.17, 15) is 9.59 Å². The van der Waals surface area contributed by atoms with Gasteiger partial charge in [-0.05, 0) is 31.0 Å². The highest BCUT2D eigenvalue weighted by molar-refractivity contribution is 8.00. The van der Waals surface area contributed by atoms with Gasteiger partial charge in [0, 0.05) is 56.3 Å².